The molecule has 3 aromatic rings. The van der Waals surface area contributed by atoms with Crippen LogP contribution in [0.4, 0.5) is 10.2 Å². The first-order chi connectivity index (χ1) is 14.2. The number of hydrogen-bond donors (Lipinski definition) is 1. The van der Waals surface area contributed by atoms with E-state index in [0.717, 1.165) is 6.42 Å². The van der Waals surface area contributed by atoms with Gasteiger partial charge in [-0.25, -0.2) is 9.37 Å². The summed E-state index contributed by atoms with van der Waals surface area (Å²) in [6.45, 7) is 8.56. The molecular weight excluding hydrogens is 428 g/mol. The molecule has 0 saturated carbocycles. The minimum Gasteiger partial charge on any atom is -0.399 e. The molecule has 2 heterocycles. The van der Waals surface area contributed by atoms with Crippen molar-refractivity contribution in [3.8, 4) is 11.1 Å². The maximum absolute atomic E-state index is 13.7. The lowest BCUT2D eigenvalue weighted by Gasteiger charge is -2.32. The predicted octanol–water partition coefficient (Wildman–Crippen LogP) is 6.06. The van der Waals surface area contributed by atoms with Crippen molar-refractivity contribution in [2.24, 2.45) is 10.6 Å². The summed E-state index contributed by atoms with van der Waals surface area (Å²) >= 11 is 13.0. The van der Waals surface area contributed by atoms with Gasteiger partial charge in [0, 0.05) is 11.6 Å². The Morgan fingerprint density at radius 1 is 1.33 bits per heavy atom. The van der Waals surface area contributed by atoms with E-state index < -0.39 is 5.82 Å². The standard InChI is InChI=1S/C21H24Cl2FN5O/c1-6-16(21(2,3)4)27-20-17(14-8-7-13(24)9-15(14)22)18(23)28-19-12(11-26-30-5)10-25-29(19)20/h7-11,16,27H,6H2,1-5H3. The second-order valence-corrected chi connectivity index (χ2v) is 8.74. The number of anilines is 1. The number of rotatable bonds is 6. The van der Waals surface area contributed by atoms with Crippen molar-refractivity contribution in [3.05, 3.63) is 46.0 Å². The maximum atomic E-state index is 13.7. The number of nitrogens with one attached hydrogen (secondary N) is 1. The van der Waals surface area contributed by atoms with Gasteiger partial charge in [0.05, 0.1) is 28.6 Å². The van der Waals surface area contributed by atoms with Gasteiger partial charge in [-0.2, -0.15) is 9.61 Å². The minimum atomic E-state index is -0.429. The van der Waals surface area contributed by atoms with E-state index in [1.807, 2.05) is 0 Å². The van der Waals surface area contributed by atoms with Crippen molar-refractivity contribution in [1.82, 2.24) is 14.6 Å². The molecule has 1 unspecified atom stereocenters. The quantitative estimate of drug-likeness (QED) is 0.281. The topological polar surface area (TPSA) is 63.8 Å². The van der Waals surface area contributed by atoms with Crippen LogP contribution >= 0.6 is 23.2 Å². The molecule has 9 heteroatoms. The lowest BCUT2D eigenvalue weighted by molar-refractivity contribution is 0.215. The number of halogens is 3. The van der Waals surface area contributed by atoms with Crippen LogP contribution in [-0.4, -0.2) is 34.0 Å². The molecule has 0 fully saturated rings. The van der Waals surface area contributed by atoms with Crippen LogP contribution in [0.1, 0.15) is 39.7 Å². The molecule has 0 bridgehead atoms. The van der Waals surface area contributed by atoms with E-state index in [-0.39, 0.29) is 21.6 Å². The Kier molecular flexibility index (Phi) is 6.53. The minimum absolute atomic E-state index is 0.0474. The average molecular weight is 452 g/mol. The first kappa shape index (κ1) is 22.3. The highest BCUT2D eigenvalue weighted by Gasteiger charge is 2.27. The molecule has 1 aromatic carbocycles. The fourth-order valence-electron chi connectivity index (χ4n) is 3.34. The van der Waals surface area contributed by atoms with E-state index in [1.165, 1.54) is 25.5 Å². The number of fused-ring (bicyclic) bond motifs is 1. The van der Waals surface area contributed by atoms with Gasteiger partial charge in [-0.15, -0.1) is 0 Å². The summed E-state index contributed by atoms with van der Waals surface area (Å²) in [6.07, 6.45) is 4.00. The molecule has 0 aliphatic heterocycles. The highest BCUT2D eigenvalue weighted by Crippen LogP contribution is 2.40. The summed E-state index contributed by atoms with van der Waals surface area (Å²) in [6, 6.07) is 4.28. The zero-order valence-electron chi connectivity index (χ0n) is 17.5. The highest BCUT2D eigenvalue weighted by molar-refractivity contribution is 6.36. The molecule has 2 aromatic heterocycles. The Hall–Kier alpha value is -2.38. The Labute approximate surface area is 185 Å². The Balaban J connectivity index is 2.31. The third kappa shape index (κ3) is 4.37. The lowest BCUT2D eigenvalue weighted by atomic mass is 9.85. The van der Waals surface area contributed by atoms with Gasteiger partial charge in [0.2, 0.25) is 0 Å². The van der Waals surface area contributed by atoms with Crippen LogP contribution in [0.15, 0.2) is 29.6 Å². The first-order valence-electron chi connectivity index (χ1n) is 9.53. The van der Waals surface area contributed by atoms with Crippen molar-refractivity contribution in [2.75, 3.05) is 12.4 Å². The van der Waals surface area contributed by atoms with Crippen molar-refractivity contribution >= 4 is 40.9 Å². The summed E-state index contributed by atoms with van der Waals surface area (Å²) in [5.41, 5.74) is 2.21. The van der Waals surface area contributed by atoms with E-state index in [9.17, 15) is 4.39 Å². The molecule has 0 aliphatic carbocycles. The number of benzene rings is 1. The molecule has 0 spiro atoms. The predicted molar refractivity (Wildman–Crippen MR) is 120 cm³/mol. The first-order valence-corrected chi connectivity index (χ1v) is 10.3. The van der Waals surface area contributed by atoms with Gasteiger partial charge >= 0.3 is 0 Å². The lowest BCUT2D eigenvalue weighted by Crippen LogP contribution is -2.34. The normalized spacial score (nSPS) is 13.2. The van der Waals surface area contributed by atoms with Gasteiger partial charge in [0.15, 0.2) is 5.65 Å². The molecule has 1 atom stereocenters. The van der Waals surface area contributed by atoms with Gasteiger partial charge < -0.3 is 10.2 Å². The van der Waals surface area contributed by atoms with Gasteiger partial charge in [-0.1, -0.05) is 56.1 Å². The monoisotopic (exact) mass is 451 g/mol. The van der Waals surface area contributed by atoms with Crippen LogP contribution in [0.5, 0.6) is 0 Å². The Bertz CT molecular complexity index is 1090. The SMILES string of the molecule is CCC(Nc1c(-c2ccc(F)cc2Cl)c(Cl)nc2c(C=NOC)cnn12)C(C)(C)C. The van der Waals surface area contributed by atoms with Gasteiger partial charge in [0.25, 0.3) is 0 Å². The van der Waals surface area contributed by atoms with E-state index in [1.54, 1.807) is 16.8 Å². The van der Waals surface area contributed by atoms with E-state index >= 15 is 0 Å². The van der Waals surface area contributed by atoms with Gasteiger partial charge in [-0.3, -0.25) is 0 Å². The average Bonchev–Trinajstić information content (AvgIpc) is 3.06. The van der Waals surface area contributed by atoms with Crippen LogP contribution in [0.2, 0.25) is 10.2 Å². The van der Waals surface area contributed by atoms with E-state index in [2.05, 4.69) is 48.3 Å². The molecular formula is C21H24Cl2FN5O. The Morgan fingerprint density at radius 2 is 2.07 bits per heavy atom. The molecule has 0 amide bonds. The zero-order valence-corrected chi connectivity index (χ0v) is 19.0. The number of aromatic nitrogens is 3. The summed E-state index contributed by atoms with van der Waals surface area (Å²) in [5.74, 6) is 0.194. The molecule has 1 N–H and O–H groups in total. The summed E-state index contributed by atoms with van der Waals surface area (Å²) in [7, 11) is 1.46. The molecule has 3 rings (SSSR count). The van der Waals surface area contributed by atoms with Crippen molar-refractivity contribution in [3.63, 3.8) is 0 Å². The Morgan fingerprint density at radius 3 is 2.67 bits per heavy atom. The van der Waals surface area contributed by atoms with E-state index in [0.29, 0.717) is 28.2 Å². The third-order valence-electron chi connectivity index (χ3n) is 4.89. The van der Waals surface area contributed by atoms with Crippen molar-refractivity contribution in [2.45, 2.75) is 40.2 Å². The molecule has 0 radical (unpaired) electrons. The molecule has 0 saturated heterocycles. The second kappa shape index (κ2) is 8.78. The fraction of sp³-hybridized carbons (Fsp3) is 0.381. The highest BCUT2D eigenvalue weighted by atomic mass is 35.5. The summed E-state index contributed by atoms with van der Waals surface area (Å²) in [4.78, 5) is 9.29. The van der Waals surface area contributed by atoms with E-state index in [4.69, 9.17) is 28.0 Å². The zero-order chi connectivity index (χ0) is 22.1. The van der Waals surface area contributed by atoms with Crippen LogP contribution < -0.4 is 5.32 Å². The van der Waals surface area contributed by atoms with Crippen LogP contribution in [0, 0.1) is 11.2 Å². The third-order valence-corrected chi connectivity index (χ3v) is 5.48. The fourth-order valence-corrected chi connectivity index (χ4v) is 3.88. The van der Waals surface area contributed by atoms with Crippen molar-refractivity contribution < 1.29 is 9.23 Å². The molecule has 160 valence electrons. The smallest absolute Gasteiger partial charge is 0.167 e. The largest absolute Gasteiger partial charge is 0.399 e. The second-order valence-electron chi connectivity index (χ2n) is 7.97. The van der Waals surface area contributed by atoms with Gasteiger partial charge in [-0.05, 0) is 30.0 Å². The van der Waals surface area contributed by atoms with Crippen molar-refractivity contribution in [1.29, 1.82) is 0 Å². The summed E-state index contributed by atoms with van der Waals surface area (Å²) < 4.78 is 15.3. The molecule has 0 aliphatic rings. The molecule has 6 nitrogen and oxygen atoms in total. The number of oxime groups is 1. The number of nitrogens with zero attached hydrogens (tertiary/aromatic N) is 4. The van der Waals surface area contributed by atoms with Crippen LogP contribution in [0.3, 0.4) is 0 Å². The molecule has 30 heavy (non-hydrogen) atoms. The number of hydrogen-bond acceptors (Lipinski definition) is 5. The van der Waals surface area contributed by atoms with Crippen LogP contribution in [-0.2, 0) is 4.84 Å². The van der Waals surface area contributed by atoms with Gasteiger partial charge in [0.1, 0.15) is 23.9 Å². The van der Waals surface area contributed by atoms with Crippen LogP contribution in [0.25, 0.3) is 16.8 Å². The summed E-state index contributed by atoms with van der Waals surface area (Å²) in [5, 5.41) is 12.3. The maximum Gasteiger partial charge on any atom is 0.167 e.